The molecule has 0 saturated heterocycles. The number of H-pyrrole nitrogens is 1. The van der Waals surface area contributed by atoms with E-state index in [4.69, 9.17) is 0 Å². The number of carbonyl (C=O) groups is 1. The van der Waals surface area contributed by atoms with Crippen LogP contribution in [0.3, 0.4) is 0 Å². The van der Waals surface area contributed by atoms with Gasteiger partial charge in [-0.05, 0) is 25.1 Å². The van der Waals surface area contributed by atoms with Crippen LogP contribution in [0, 0.1) is 0 Å². The molecule has 2 N–H and O–H groups in total. The highest BCUT2D eigenvalue weighted by Crippen LogP contribution is 2.24. The van der Waals surface area contributed by atoms with Crippen molar-refractivity contribution in [3.8, 4) is 11.3 Å². The maximum atomic E-state index is 12.0. The number of hydrogen-bond donors (Lipinski definition) is 2. The molecule has 6 nitrogen and oxygen atoms in total. The molecule has 3 rings (SSSR count). The van der Waals surface area contributed by atoms with Crippen molar-refractivity contribution in [2.75, 3.05) is 0 Å². The number of nitrogens with one attached hydrogen (secondary N) is 2. The van der Waals surface area contributed by atoms with Crippen LogP contribution in [-0.4, -0.2) is 26.1 Å². The van der Waals surface area contributed by atoms with Crippen LogP contribution in [0.5, 0.6) is 0 Å². The van der Waals surface area contributed by atoms with E-state index in [2.05, 4.69) is 25.5 Å². The number of thiazole rings is 1. The molecular formula is C14H13N5OS. The van der Waals surface area contributed by atoms with Crippen LogP contribution < -0.4 is 5.32 Å². The van der Waals surface area contributed by atoms with Crippen LogP contribution >= 0.6 is 11.3 Å². The monoisotopic (exact) mass is 299 g/mol. The number of aromatic amines is 1. The maximum absolute atomic E-state index is 12.0. The minimum absolute atomic E-state index is 0.170. The molecule has 0 aliphatic carbocycles. The fourth-order valence-corrected chi connectivity index (χ4v) is 2.69. The Kier molecular flexibility index (Phi) is 3.74. The minimum atomic E-state index is -0.196. The van der Waals surface area contributed by atoms with E-state index in [1.807, 2.05) is 24.4 Å². The summed E-state index contributed by atoms with van der Waals surface area (Å²) in [4.78, 5) is 20.6. The molecule has 106 valence electrons. The summed E-state index contributed by atoms with van der Waals surface area (Å²) in [6.45, 7) is 1.90. The molecule has 0 aliphatic heterocycles. The summed E-state index contributed by atoms with van der Waals surface area (Å²) >= 11 is 1.51. The Balaban J connectivity index is 1.73. The summed E-state index contributed by atoms with van der Waals surface area (Å²) in [5.41, 5.74) is 2.27. The van der Waals surface area contributed by atoms with Gasteiger partial charge in [-0.3, -0.25) is 14.9 Å². The summed E-state index contributed by atoms with van der Waals surface area (Å²) in [6, 6.07) is 5.29. The molecule has 1 amide bonds. The summed E-state index contributed by atoms with van der Waals surface area (Å²) in [5, 5.41) is 12.1. The zero-order valence-electron chi connectivity index (χ0n) is 11.3. The molecule has 3 aromatic rings. The van der Waals surface area contributed by atoms with Gasteiger partial charge in [0.15, 0.2) is 0 Å². The smallest absolute Gasteiger partial charge is 0.269 e. The van der Waals surface area contributed by atoms with Crippen LogP contribution in [0.25, 0.3) is 11.3 Å². The van der Waals surface area contributed by atoms with E-state index in [-0.39, 0.29) is 11.9 Å². The van der Waals surface area contributed by atoms with Crippen molar-refractivity contribution < 1.29 is 4.79 Å². The van der Waals surface area contributed by atoms with Gasteiger partial charge in [0.05, 0.1) is 11.7 Å². The lowest BCUT2D eigenvalue weighted by atomic mass is 10.2. The second-order valence-electron chi connectivity index (χ2n) is 4.48. The average Bonchev–Trinajstić information content (AvgIpc) is 3.20. The molecule has 0 radical (unpaired) electrons. The number of pyridine rings is 1. The van der Waals surface area contributed by atoms with Gasteiger partial charge in [0.25, 0.3) is 5.91 Å². The van der Waals surface area contributed by atoms with Gasteiger partial charge < -0.3 is 5.32 Å². The lowest BCUT2D eigenvalue weighted by Crippen LogP contribution is -2.26. The highest BCUT2D eigenvalue weighted by Gasteiger charge is 2.15. The van der Waals surface area contributed by atoms with E-state index in [0.717, 1.165) is 16.3 Å². The lowest BCUT2D eigenvalue weighted by Gasteiger charge is -2.09. The molecular weight excluding hydrogens is 286 g/mol. The molecule has 0 unspecified atom stereocenters. The summed E-state index contributed by atoms with van der Waals surface area (Å²) in [7, 11) is 0. The first-order chi connectivity index (χ1) is 10.2. The topological polar surface area (TPSA) is 83.6 Å². The van der Waals surface area contributed by atoms with Crippen molar-refractivity contribution in [1.82, 2.24) is 25.5 Å². The van der Waals surface area contributed by atoms with E-state index in [1.54, 1.807) is 24.7 Å². The first-order valence-corrected chi connectivity index (χ1v) is 7.28. The number of nitrogens with zero attached hydrogens (tertiary/aromatic N) is 3. The Hall–Kier alpha value is -2.54. The fourth-order valence-electron chi connectivity index (χ4n) is 1.85. The Bertz CT molecular complexity index is 723. The standard InChI is InChI=1S/C14H13N5OS/c1-9(17-13(20)11-4-6-16-19-11)14-18-12(8-21-14)10-3-2-5-15-7-10/h2-9H,1H3,(H,16,19)(H,17,20)/t9-/m0/s1. The highest BCUT2D eigenvalue weighted by atomic mass is 32.1. The van der Waals surface area contributed by atoms with E-state index in [9.17, 15) is 4.79 Å². The Labute approximate surface area is 125 Å². The molecule has 1 atom stereocenters. The van der Waals surface area contributed by atoms with E-state index in [0.29, 0.717) is 5.69 Å². The second kappa shape index (κ2) is 5.84. The number of rotatable bonds is 4. The summed E-state index contributed by atoms with van der Waals surface area (Å²) in [5.74, 6) is -0.196. The third-order valence-electron chi connectivity index (χ3n) is 2.94. The molecule has 0 saturated carbocycles. The third-order valence-corrected chi connectivity index (χ3v) is 3.97. The van der Waals surface area contributed by atoms with E-state index >= 15 is 0 Å². The van der Waals surface area contributed by atoms with Crippen LogP contribution in [0.15, 0.2) is 42.2 Å². The molecule has 3 aromatic heterocycles. The van der Waals surface area contributed by atoms with Gasteiger partial charge in [-0.1, -0.05) is 0 Å². The van der Waals surface area contributed by atoms with Crippen molar-refractivity contribution in [3.05, 3.63) is 52.9 Å². The molecule has 0 fully saturated rings. The van der Waals surface area contributed by atoms with Gasteiger partial charge in [-0.2, -0.15) is 5.10 Å². The first kappa shape index (κ1) is 13.4. The van der Waals surface area contributed by atoms with E-state index < -0.39 is 0 Å². The second-order valence-corrected chi connectivity index (χ2v) is 5.37. The molecule has 0 aromatic carbocycles. The van der Waals surface area contributed by atoms with Crippen LogP contribution in [0.4, 0.5) is 0 Å². The lowest BCUT2D eigenvalue weighted by molar-refractivity contribution is 0.0935. The van der Waals surface area contributed by atoms with Crippen molar-refractivity contribution >= 4 is 17.2 Å². The predicted molar refractivity (Wildman–Crippen MR) is 79.8 cm³/mol. The van der Waals surface area contributed by atoms with Crippen LogP contribution in [0.2, 0.25) is 0 Å². The average molecular weight is 299 g/mol. The molecule has 0 aliphatic rings. The van der Waals surface area contributed by atoms with Gasteiger partial charge >= 0.3 is 0 Å². The van der Waals surface area contributed by atoms with Crippen LogP contribution in [-0.2, 0) is 0 Å². The number of aromatic nitrogens is 4. The number of carbonyl (C=O) groups excluding carboxylic acids is 1. The van der Waals surface area contributed by atoms with Crippen molar-refractivity contribution in [2.45, 2.75) is 13.0 Å². The normalized spacial score (nSPS) is 12.0. The Morgan fingerprint density at radius 1 is 1.38 bits per heavy atom. The Morgan fingerprint density at radius 2 is 2.29 bits per heavy atom. The van der Waals surface area contributed by atoms with Crippen molar-refractivity contribution in [3.63, 3.8) is 0 Å². The number of amides is 1. The van der Waals surface area contributed by atoms with Gasteiger partial charge in [0, 0.05) is 29.5 Å². The number of hydrogen-bond acceptors (Lipinski definition) is 5. The van der Waals surface area contributed by atoms with Crippen molar-refractivity contribution in [1.29, 1.82) is 0 Å². The fraction of sp³-hybridized carbons (Fsp3) is 0.143. The zero-order valence-corrected chi connectivity index (χ0v) is 12.1. The molecule has 21 heavy (non-hydrogen) atoms. The minimum Gasteiger partial charge on any atom is -0.342 e. The van der Waals surface area contributed by atoms with Crippen LogP contribution in [0.1, 0.15) is 28.5 Å². The first-order valence-electron chi connectivity index (χ1n) is 6.40. The molecule has 0 bridgehead atoms. The SMILES string of the molecule is C[C@H](NC(=O)c1ccn[nH]1)c1nc(-c2cccnc2)cs1. The Morgan fingerprint density at radius 3 is 3.00 bits per heavy atom. The summed E-state index contributed by atoms with van der Waals surface area (Å²) in [6.07, 6.45) is 5.04. The van der Waals surface area contributed by atoms with Gasteiger partial charge in [-0.15, -0.1) is 11.3 Å². The van der Waals surface area contributed by atoms with Crippen molar-refractivity contribution in [2.24, 2.45) is 0 Å². The summed E-state index contributed by atoms with van der Waals surface area (Å²) < 4.78 is 0. The van der Waals surface area contributed by atoms with Gasteiger partial charge in [0.1, 0.15) is 10.7 Å². The predicted octanol–water partition coefficient (Wildman–Crippen LogP) is 2.42. The molecule has 7 heteroatoms. The highest BCUT2D eigenvalue weighted by molar-refractivity contribution is 7.10. The zero-order chi connectivity index (χ0) is 14.7. The van der Waals surface area contributed by atoms with Gasteiger partial charge in [0.2, 0.25) is 0 Å². The third kappa shape index (κ3) is 2.97. The molecule has 0 spiro atoms. The largest absolute Gasteiger partial charge is 0.342 e. The quantitative estimate of drug-likeness (QED) is 0.775. The molecule has 3 heterocycles. The maximum Gasteiger partial charge on any atom is 0.269 e. The van der Waals surface area contributed by atoms with E-state index in [1.165, 1.54) is 11.3 Å². The van der Waals surface area contributed by atoms with Gasteiger partial charge in [-0.25, -0.2) is 4.98 Å².